The minimum Gasteiger partial charge on any atom is -0.476 e. The molecule has 0 aliphatic heterocycles. The second kappa shape index (κ2) is 3.73. The molecule has 5 heteroatoms. The van der Waals surface area contributed by atoms with Gasteiger partial charge in [-0.05, 0) is 18.8 Å². The average Bonchev–Trinajstić information content (AvgIpc) is 2.99. The van der Waals surface area contributed by atoms with Crippen molar-refractivity contribution in [2.75, 3.05) is 0 Å². The standard InChI is InChI=1S/C11H14N2O3/c1-5(2)9-12-8(11(15)16)7(6-3-4-6)10(14)13-9/h5-6H,3-4H2,1-2H3,(H,15,16)(H,12,13,14). The lowest BCUT2D eigenvalue weighted by Gasteiger charge is -2.08. The lowest BCUT2D eigenvalue weighted by atomic mass is 10.1. The van der Waals surface area contributed by atoms with Gasteiger partial charge in [-0.3, -0.25) is 4.79 Å². The summed E-state index contributed by atoms with van der Waals surface area (Å²) in [6.07, 6.45) is 1.76. The first-order valence-electron chi connectivity index (χ1n) is 5.38. The van der Waals surface area contributed by atoms with Crippen LogP contribution in [-0.2, 0) is 0 Å². The third-order valence-corrected chi connectivity index (χ3v) is 2.71. The lowest BCUT2D eigenvalue weighted by Crippen LogP contribution is -2.22. The number of aromatic carboxylic acids is 1. The molecule has 86 valence electrons. The van der Waals surface area contributed by atoms with Crippen LogP contribution in [0.25, 0.3) is 0 Å². The van der Waals surface area contributed by atoms with E-state index in [-0.39, 0.29) is 23.1 Å². The number of aromatic amines is 1. The summed E-state index contributed by atoms with van der Waals surface area (Å²) in [7, 11) is 0. The van der Waals surface area contributed by atoms with E-state index in [4.69, 9.17) is 5.11 Å². The van der Waals surface area contributed by atoms with E-state index in [1.54, 1.807) is 0 Å². The van der Waals surface area contributed by atoms with Gasteiger partial charge in [0.15, 0.2) is 5.69 Å². The number of nitrogens with zero attached hydrogens (tertiary/aromatic N) is 1. The van der Waals surface area contributed by atoms with Crippen LogP contribution in [0.3, 0.4) is 0 Å². The maximum Gasteiger partial charge on any atom is 0.355 e. The van der Waals surface area contributed by atoms with Gasteiger partial charge in [0.1, 0.15) is 5.82 Å². The van der Waals surface area contributed by atoms with Gasteiger partial charge in [0.05, 0.1) is 5.56 Å². The van der Waals surface area contributed by atoms with E-state index in [1.807, 2.05) is 13.8 Å². The molecule has 0 unspecified atom stereocenters. The highest BCUT2D eigenvalue weighted by Crippen LogP contribution is 2.39. The fraction of sp³-hybridized carbons (Fsp3) is 0.545. The molecule has 1 aromatic heterocycles. The first-order chi connectivity index (χ1) is 7.50. The summed E-state index contributed by atoms with van der Waals surface area (Å²) >= 11 is 0. The van der Waals surface area contributed by atoms with Crippen LogP contribution in [0.5, 0.6) is 0 Å². The van der Waals surface area contributed by atoms with E-state index in [9.17, 15) is 9.59 Å². The Hall–Kier alpha value is -1.65. The first-order valence-corrected chi connectivity index (χ1v) is 5.38. The third kappa shape index (κ3) is 1.85. The normalized spacial score (nSPS) is 15.4. The molecule has 1 saturated carbocycles. The quantitative estimate of drug-likeness (QED) is 0.811. The Morgan fingerprint density at radius 1 is 1.50 bits per heavy atom. The minimum atomic E-state index is -1.12. The van der Waals surface area contributed by atoms with Crippen molar-refractivity contribution in [3.05, 3.63) is 27.4 Å². The smallest absolute Gasteiger partial charge is 0.355 e. The second-order valence-electron chi connectivity index (χ2n) is 4.45. The van der Waals surface area contributed by atoms with E-state index in [0.29, 0.717) is 11.4 Å². The van der Waals surface area contributed by atoms with Crippen molar-refractivity contribution in [3.8, 4) is 0 Å². The molecular formula is C11H14N2O3. The zero-order chi connectivity index (χ0) is 11.9. The molecule has 1 fully saturated rings. The Balaban J connectivity index is 2.61. The van der Waals surface area contributed by atoms with Crippen LogP contribution < -0.4 is 5.56 Å². The highest BCUT2D eigenvalue weighted by atomic mass is 16.4. The molecule has 0 radical (unpaired) electrons. The van der Waals surface area contributed by atoms with Gasteiger partial charge in [0.25, 0.3) is 5.56 Å². The van der Waals surface area contributed by atoms with Crippen LogP contribution >= 0.6 is 0 Å². The first kappa shape index (κ1) is 10.9. The number of carboxylic acid groups (broad SMARTS) is 1. The van der Waals surface area contributed by atoms with Gasteiger partial charge >= 0.3 is 5.97 Å². The predicted molar refractivity (Wildman–Crippen MR) is 57.9 cm³/mol. The number of nitrogens with one attached hydrogen (secondary N) is 1. The Kier molecular flexibility index (Phi) is 2.53. The number of rotatable bonds is 3. The van der Waals surface area contributed by atoms with Gasteiger partial charge in [0, 0.05) is 5.92 Å². The van der Waals surface area contributed by atoms with Crippen LogP contribution in [0.15, 0.2) is 4.79 Å². The Labute approximate surface area is 92.5 Å². The Morgan fingerprint density at radius 2 is 2.12 bits per heavy atom. The Bertz CT molecular complexity index is 486. The molecule has 1 aromatic rings. The van der Waals surface area contributed by atoms with Crippen molar-refractivity contribution in [2.24, 2.45) is 0 Å². The number of H-pyrrole nitrogens is 1. The maximum absolute atomic E-state index is 11.8. The zero-order valence-electron chi connectivity index (χ0n) is 9.28. The highest BCUT2D eigenvalue weighted by Gasteiger charge is 2.32. The van der Waals surface area contributed by atoms with Crippen LogP contribution in [0.4, 0.5) is 0 Å². The lowest BCUT2D eigenvalue weighted by molar-refractivity contribution is 0.0688. The maximum atomic E-state index is 11.8. The van der Waals surface area contributed by atoms with Crippen molar-refractivity contribution in [1.82, 2.24) is 9.97 Å². The van der Waals surface area contributed by atoms with E-state index in [2.05, 4.69) is 9.97 Å². The van der Waals surface area contributed by atoms with Crippen molar-refractivity contribution in [3.63, 3.8) is 0 Å². The molecule has 1 aliphatic rings. The van der Waals surface area contributed by atoms with E-state index in [1.165, 1.54) is 0 Å². The number of aromatic nitrogens is 2. The highest BCUT2D eigenvalue weighted by molar-refractivity contribution is 5.87. The van der Waals surface area contributed by atoms with E-state index in [0.717, 1.165) is 12.8 Å². The Morgan fingerprint density at radius 3 is 2.56 bits per heavy atom. The summed E-state index contributed by atoms with van der Waals surface area (Å²) in [5.74, 6) is -0.579. The van der Waals surface area contributed by atoms with Gasteiger partial charge in [-0.15, -0.1) is 0 Å². The number of hydrogen-bond donors (Lipinski definition) is 2. The van der Waals surface area contributed by atoms with E-state index >= 15 is 0 Å². The molecule has 0 bridgehead atoms. The zero-order valence-corrected chi connectivity index (χ0v) is 9.28. The average molecular weight is 222 g/mol. The summed E-state index contributed by atoms with van der Waals surface area (Å²) in [6.45, 7) is 3.72. The second-order valence-corrected chi connectivity index (χ2v) is 4.45. The van der Waals surface area contributed by atoms with Crippen LogP contribution in [-0.4, -0.2) is 21.0 Å². The molecule has 0 spiro atoms. The molecule has 2 N–H and O–H groups in total. The molecular weight excluding hydrogens is 208 g/mol. The van der Waals surface area contributed by atoms with Gasteiger partial charge < -0.3 is 10.1 Å². The number of hydrogen-bond acceptors (Lipinski definition) is 3. The van der Waals surface area contributed by atoms with Gasteiger partial charge in [-0.25, -0.2) is 9.78 Å². The number of carboxylic acids is 1. The van der Waals surface area contributed by atoms with Crippen molar-refractivity contribution in [1.29, 1.82) is 0 Å². The van der Waals surface area contributed by atoms with Gasteiger partial charge in [0.2, 0.25) is 0 Å². The monoisotopic (exact) mass is 222 g/mol. The fourth-order valence-electron chi connectivity index (χ4n) is 1.69. The van der Waals surface area contributed by atoms with Crippen LogP contribution in [0.2, 0.25) is 0 Å². The molecule has 1 heterocycles. The van der Waals surface area contributed by atoms with Crippen molar-refractivity contribution >= 4 is 5.97 Å². The molecule has 2 rings (SSSR count). The summed E-state index contributed by atoms with van der Waals surface area (Å²) in [4.78, 5) is 29.6. The minimum absolute atomic E-state index is 0.0130. The molecule has 0 amide bonds. The summed E-state index contributed by atoms with van der Waals surface area (Å²) in [6, 6.07) is 0. The topological polar surface area (TPSA) is 83.0 Å². The summed E-state index contributed by atoms with van der Waals surface area (Å²) < 4.78 is 0. The molecule has 0 atom stereocenters. The van der Waals surface area contributed by atoms with Crippen LogP contribution in [0.1, 0.15) is 60.4 Å². The van der Waals surface area contributed by atoms with Gasteiger partial charge in [-0.1, -0.05) is 13.8 Å². The number of carbonyl (C=O) groups is 1. The van der Waals surface area contributed by atoms with Gasteiger partial charge in [-0.2, -0.15) is 0 Å². The molecule has 0 saturated heterocycles. The molecule has 5 nitrogen and oxygen atoms in total. The van der Waals surface area contributed by atoms with Crippen molar-refractivity contribution in [2.45, 2.75) is 38.5 Å². The summed E-state index contributed by atoms with van der Waals surface area (Å²) in [5.41, 5.74) is -0.0227. The fourth-order valence-corrected chi connectivity index (χ4v) is 1.69. The summed E-state index contributed by atoms with van der Waals surface area (Å²) in [5, 5.41) is 9.06. The van der Waals surface area contributed by atoms with Crippen LogP contribution in [0, 0.1) is 0 Å². The largest absolute Gasteiger partial charge is 0.476 e. The predicted octanol–water partition coefficient (Wildman–Crippen LogP) is 1.47. The third-order valence-electron chi connectivity index (χ3n) is 2.71. The molecule has 1 aliphatic carbocycles. The van der Waals surface area contributed by atoms with Crippen molar-refractivity contribution < 1.29 is 9.90 Å². The molecule has 0 aromatic carbocycles. The van der Waals surface area contributed by atoms with E-state index < -0.39 is 5.97 Å². The SMILES string of the molecule is CC(C)c1nc(C(=O)O)c(C2CC2)c(=O)[nH]1. The molecule has 16 heavy (non-hydrogen) atoms.